The first kappa shape index (κ1) is 42.8. The summed E-state index contributed by atoms with van der Waals surface area (Å²) >= 11 is 0. The SMILES string of the molecule is Cc1cc(O)c2c(c1)C(=O)c1c(c3cc4c(nccc14)NC[C@H](O)[C@@]14CCC[C@H]1c1cc(CC(=O)CCO)[nH]c1C1=C[C@@]5(O3)O[C@@]3(C1=C4C[C@]1(CCC4(CCCC4)C1)[C@@H]3O)[C@@H](O)[C@H](O)[C@H]5O)C2=O. The molecule has 6 heterocycles. The number of aliphatic hydroxyl groups excluding tert-OH is 6. The van der Waals surface area contributed by atoms with Crippen LogP contribution in [-0.4, -0.2) is 118 Å². The number of aromatic hydroxyl groups is 1. The number of hydrogen-bond acceptors (Lipinski definition) is 14. The number of phenolic OH excluding ortho intramolecular Hbond substituents is 1. The minimum Gasteiger partial charge on any atom is -0.507 e. The molecule has 4 aliphatic heterocycles. The molecule has 15 heteroatoms. The number of aromatic amines is 1. The highest BCUT2D eigenvalue weighted by atomic mass is 16.7. The van der Waals surface area contributed by atoms with Crippen LogP contribution >= 0.6 is 0 Å². The van der Waals surface area contributed by atoms with Gasteiger partial charge in [0.1, 0.15) is 35.3 Å². The second kappa shape index (κ2) is 14.2. The molecule has 6 aliphatic carbocycles. The van der Waals surface area contributed by atoms with E-state index in [0.717, 1.165) is 43.2 Å². The Bertz CT molecular complexity index is 3020. The highest BCUT2D eigenvalue weighted by Crippen LogP contribution is 2.73. The van der Waals surface area contributed by atoms with E-state index in [0.29, 0.717) is 77.4 Å². The largest absolute Gasteiger partial charge is 0.507 e. The summed E-state index contributed by atoms with van der Waals surface area (Å²) in [7, 11) is 0. The fourth-order valence-corrected chi connectivity index (χ4v) is 15.6. The monoisotopic (exact) mass is 925 g/mol. The molecule has 0 amide bonds. The van der Waals surface area contributed by atoms with E-state index in [4.69, 9.17) is 14.5 Å². The van der Waals surface area contributed by atoms with Crippen LogP contribution in [0.2, 0.25) is 0 Å². The summed E-state index contributed by atoms with van der Waals surface area (Å²) in [5, 5.41) is 90.3. The summed E-state index contributed by atoms with van der Waals surface area (Å²) < 4.78 is 14.4. The third kappa shape index (κ3) is 5.27. The number of aliphatic hydroxyl groups is 6. The predicted octanol–water partition coefficient (Wildman–Crippen LogP) is 4.72. The van der Waals surface area contributed by atoms with Crippen LogP contribution in [0, 0.1) is 23.2 Å². The zero-order chi connectivity index (χ0) is 47.0. The van der Waals surface area contributed by atoms with E-state index < -0.39 is 70.1 Å². The second-order valence-electron chi connectivity index (χ2n) is 21.8. The van der Waals surface area contributed by atoms with Crippen molar-refractivity contribution in [1.82, 2.24) is 9.97 Å². The average molecular weight is 926 g/mol. The van der Waals surface area contributed by atoms with Gasteiger partial charge in [0.2, 0.25) is 5.78 Å². The highest BCUT2D eigenvalue weighted by Gasteiger charge is 2.76. The van der Waals surface area contributed by atoms with Gasteiger partial charge in [-0.25, -0.2) is 4.98 Å². The average Bonchev–Trinajstić information content (AvgIpc) is 4.13. The molecule has 2 aromatic carbocycles. The number of ketones is 3. The minimum atomic E-state index is -2.49. The summed E-state index contributed by atoms with van der Waals surface area (Å²) in [6.07, 6.45) is 2.58. The molecule has 4 fully saturated rings. The molecule has 0 unspecified atom stereocenters. The molecule has 10 aliphatic rings. The lowest BCUT2D eigenvalue weighted by molar-refractivity contribution is -0.366. The van der Waals surface area contributed by atoms with E-state index in [-0.39, 0.29) is 76.9 Å². The minimum absolute atomic E-state index is 0.0127. The van der Waals surface area contributed by atoms with Crippen LogP contribution in [0.25, 0.3) is 16.3 Å². The van der Waals surface area contributed by atoms with Crippen molar-refractivity contribution in [3.63, 3.8) is 0 Å². The van der Waals surface area contributed by atoms with Gasteiger partial charge in [-0.3, -0.25) is 14.4 Å². The van der Waals surface area contributed by atoms with Gasteiger partial charge >= 0.3 is 0 Å². The van der Waals surface area contributed by atoms with E-state index in [9.17, 15) is 45.3 Å². The van der Waals surface area contributed by atoms with Crippen LogP contribution in [0.1, 0.15) is 137 Å². The van der Waals surface area contributed by atoms with E-state index >= 15 is 4.79 Å². The first-order valence-electron chi connectivity index (χ1n) is 24.4. The number of rotatable bonds is 4. The van der Waals surface area contributed by atoms with E-state index in [1.165, 1.54) is 24.4 Å². The van der Waals surface area contributed by atoms with Crippen LogP contribution in [0.4, 0.5) is 5.82 Å². The number of aryl methyl sites for hydroxylation is 1. The number of anilines is 1. The number of hydrogen-bond donors (Lipinski definition) is 9. The molecule has 0 radical (unpaired) electrons. The van der Waals surface area contributed by atoms with Crippen molar-refractivity contribution in [3.8, 4) is 11.5 Å². The highest BCUT2D eigenvalue weighted by molar-refractivity contribution is 6.34. The van der Waals surface area contributed by atoms with Gasteiger partial charge in [-0.1, -0.05) is 24.8 Å². The number of nitrogens with zero attached hydrogens (tertiary/aromatic N) is 1. The van der Waals surface area contributed by atoms with Gasteiger partial charge in [0.05, 0.1) is 23.3 Å². The van der Waals surface area contributed by atoms with Gasteiger partial charge in [0, 0.05) is 76.5 Å². The number of fused-ring (bicyclic) bond motifs is 7. The Morgan fingerprint density at radius 2 is 1.72 bits per heavy atom. The molecule has 8 bridgehead atoms. The summed E-state index contributed by atoms with van der Waals surface area (Å²) in [4.78, 5) is 51.5. The lowest BCUT2D eigenvalue weighted by Crippen LogP contribution is -2.78. The molecule has 3 saturated carbocycles. The third-order valence-electron chi connectivity index (χ3n) is 18.3. The molecule has 2 aromatic heterocycles. The van der Waals surface area contributed by atoms with Crippen molar-refractivity contribution >= 4 is 39.5 Å². The predicted molar refractivity (Wildman–Crippen MR) is 244 cm³/mol. The Morgan fingerprint density at radius 1 is 0.912 bits per heavy atom. The normalized spacial score (nSPS) is 35.8. The lowest BCUT2D eigenvalue weighted by Gasteiger charge is -2.64. The van der Waals surface area contributed by atoms with Crippen molar-refractivity contribution in [2.24, 2.45) is 16.2 Å². The van der Waals surface area contributed by atoms with Crippen molar-refractivity contribution < 1.29 is 59.6 Å². The Kier molecular flexibility index (Phi) is 8.93. The second-order valence-corrected chi connectivity index (χ2v) is 21.8. The molecule has 68 heavy (non-hydrogen) atoms. The first-order chi connectivity index (χ1) is 32.6. The molecule has 9 N–H and O–H groups in total. The van der Waals surface area contributed by atoms with Crippen LogP contribution in [-0.2, 0) is 16.0 Å². The molecule has 354 valence electrons. The van der Waals surface area contributed by atoms with Gasteiger partial charge in [-0.05, 0) is 128 Å². The van der Waals surface area contributed by atoms with Crippen molar-refractivity contribution in [2.75, 3.05) is 18.5 Å². The molecule has 1 saturated heterocycles. The number of pyridine rings is 1. The van der Waals surface area contributed by atoms with Crippen LogP contribution in [0.3, 0.4) is 0 Å². The van der Waals surface area contributed by atoms with Crippen molar-refractivity contribution in [1.29, 1.82) is 0 Å². The van der Waals surface area contributed by atoms with Gasteiger partial charge < -0.3 is 55.5 Å². The number of H-pyrrole nitrogens is 1. The maximum absolute atomic E-state index is 15.1. The van der Waals surface area contributed by atoms with Crippen LogP contribution in [0.5, 0.6) is 11.5 Å². The van der Waals surface area contributed by atoms with Gasteiger partial charge in [0.25, 0.3) is 5.79 Å². The quantitative estimate of drug-likeness (QED) is 0.118. The Balaban J connectivity index is 1.14. The summed E-state index contributed by atoms with van der Waals surface area (Å²) in [6, 6.07) is 7.99. The molecule has 14 rings (SSSR count). The third-order valence-corrected chi connectivity index (χ3v) is 18.3. The molecular formula is C53H55N3O12. The fourth-order valence-electron chi connectivity index (χ4n) is 15.6. The molecule has 5 spiro atoms. The standard InChI is InChI=1S/C53H55N3O12/c1-24-15-30-37(34(59)16-24)43(62)39-35-19-28-27(38(39)42(30)61)6-13-54-47(28)55-22-36(60)51-10-4-5-32(51)29-18-25(17-26(58)7-14-57)56-41(29)31-20-52(67-35)45(64)44(63)46(65)53(68-52)40(31)33(51)21-50(48(53)66)12-11-49(23-50)8-2-3-9-49/h6,13,15-16,18-20,32,36,44-46,48,56-57,59-60,63-66H,2-5,7-12,14,17,21-23H2,1H3,(H,54,55)/t32-,36-,44+,45+,46-,48-,50-,51-,52+,53-/m0/s1. The zero-order valence-electron chi connectivity index (χ0n) is 37.7. The molecule has 4 aromatic rings. The number of carbonyl (C=O) groups is 3. The van der Waals surface area contributed by atoms with E-state index in [2.05, 4.69) is 10.3 Å². The summed E-state index contributed by atoms with van der Waals surface area (Å²) in [6.45, 7) is 1.33. The van der Waals surface area contributed by atoms with Crippen molar-refractivity contribution in [3.05, 3.63) is 98.5 Å². The maximum Gasteiger partial charge on any atom is 0.261 e. The fraction of sp³-hybridized carbons (Fsp3) is 0.509. The lowest BCUT2D eigenvalue weighted by atomic mass is 9.51. The summed E-state index contributed by atoms with van der Waals surface area (Å²) in [5.74, 6) is -4.79. The van der Waals surface area contributed by atoms with Crippen LogP contribution in [0.15, 0.2) is 53.8 Å². The van der Waals surface area contributed by atoms with E-state index in [1.807, 2.05) is 6.07 Å². The summed E-state index contributed by atoms with van der Waals surface area (Å²) in [5.41, 5.74) is -0.845. The Hall–Kier alpha value is -5.26. The number of phenols is 1. The number of Topliss-reactive ketones (excluding diaryl/α,β-unsaturated/α-hetero) is 1. The van der Waals surface area contributed by atoms with E-state index in [1.54, 1.807) is 19.1 Å². The first-order valence-corrected chi connectivity index (χ1v) is 24.4. The molecule has 10 atom stereocenters. The smallest absolute Gasteiger partial charge is 0.261 e. The topological polar surface area (TPSA) is 252 Å². The van der Waals surface area contributed by atoms with Crippen molar-refractivity contribution in [2.45, 2.75) is 138 Å². The Morgan fingerprint density at radius 3 is 2.51 bits per heavy atom. The number of carbonyl (C=O) groups excluding carboxylic acids is 3. The number of ether oxygens (including phenoxy) is 2. The number of nitrogens with one attached hydrogen (secondary N) is 2. The van der Waals surface area contributed by atoms with Gasteiger partial charge in [-0.15, -0.1) is 0 Å². The number of aromatic nitrogens is 2. The Labute approximate surface area is 390 Å². The van der Waals surface area contributed by atoms with Gasteiger partial charge in [0.15, 0.2) is 17.5 Å². The maximum atomic E-state index is 15.1. The zero-order valence-corrected chi connectivity index (χ0v) is 37.7. The van der Waals surface area contributed by atoms with Gasteiger partial charge in [-0.2, -0.15) is 0 Å². The van der Waals surface area contributed by atoms with Crippen LogP contribution < -0.4 is 10.1 Å². The molecule has 15 nitrogen and oxygen atoms in total. The molecular weight excluding hydrogens is 871 g/mol. The number of benzene rings is 2.